The number of amides is 1. The second-order valence-corrected chi connectivity index (χ2v) is 11.8. The Morgan fingerprint density at radius 3 is 2.35 bits per heavy atom. The summed E-state index contributed by atoms with van der Waals surface area (Å²) in [7, 11) is -7.59. The molecule has 2 aromatic carbocycles. The van der Waals surface area contributed by atoms with Crippen molar-refractivity contribution in [1.82, 2.24) is 9.62 Å². The monoisotopic (exact) mass is 508 g/mol. The van der Waals surface area contributed by atoms with Gasteiger partial charge in [-0.15, -0.1) is 0 Å². The van der Waals surface area contributed by atoms with Crippen molar-refractivity contribution in [3.05, 3.63) is 58.3 Å². The SMILES string of the molecule is O=C(CCNS(=O)(=O)c1ccc(F)c(Cl)c1)N1CCC(S(=O)(=O)c2ccc(Cl)cc2)C1. The second kappa shape index (κ2) is 9.41. The Balaban J connectivity index is 1.56. The van der Waals surface area contributed by atoms with Crippen LogP contribution in [0.3, 0.4) is 0 Å². The number of rotatable bonds is 7. The Kier molecular flexibility index (Phi) is 7.27. The third-order valence-electron chi connectivity index (χ3n) is 4.91. The number of likely N-dealkylation sites (tertiary alicyclic amines) is 1. The average molecular weight is 509 g/mol. The molecular formula is C19H19Cl2FN2O5S2. The first-order chi connectivity index (χ1) is 14.5. The van der Waals surface area contributed by atoms with Gasteiger partial charge in [0, 0.05) is 31.1 Å². The van der Waals surface area contributed by atoms with E-state index >= 15 is 0 Å². The molecule has 2 aromatic rings. The van der Waals surface area contributed by atoms with Crippen LogP contribution < -0.4 is 4.72 Å². The van der Waals surface area contributed by atoms with E-state index in [9.17, 15) is 26.0 Å². The molecule has 1 amide bonds. The lowest BCUT2D eigenvalue weighted by Crippen LogP contribution is -2.34. The molecule has 1 aliphatic heterocycles. The van der Waals surface area contributed by atoms with E-state index in [1.165, 1.54) is 29.2 Å². The number of hydrogen-bond donors (Lipinski definition) is 1. The highest BCUT2D eigenvalue weighted by molar-refractivity contribution is 7.92. The Morgan fingerprint density at radius 2 is 1.71 bits per heavy atom. The van der Waals surface area contributed by atoms with Gasteiger partial charge < -0.3 is 4.90 Å². The molecule has 0 saturated carbocycles. The van der Waals surface area contributed by atoms with Crippen LogP contribution >= 0.6 is 23.2 Å². The van der Waals surface area contributed by atoms with E-state index in [0.29, 0.717) is 5.02 Å². The van der Waals surface area contributed by atoms with Crippen molar-refractivity contribution in [2.24, 2.45) is 0 Å². The van der Waals surface area contributed by atoms with Gasteiger partial charge in [0.2, 0.25) is 15.9 Å². The highest BCUT2D eigenvalue weighted by Gasteiger charge is 2.36. The van der Waals surface area contributed by atoms with Crippen molar-refractivity contribution in [2.45, 2.75) is 27.9 Å². The standard InChI is InChI=1S/C19H19Cl2FN2O5S2/c20-13-1-3-14(4-2-13)30(26,27)16-8-10-24(12-16)19(25)7-9-23-31(28,29)15-5-6-18(22)17(21)11-15/h1-6,11,16,23H,7-10,12H2. The summed E-state index contributed by atoms with van der Waals surface area (Å²) in [4.78, 5) is 13.8. The second-order valence-electron chi connectivity index (χ2n) is 6.97. The molecule has 31 heavy (non-hydrogen) atoms. The van der Waals surface area contributed by atoms with E-state index in [0.717, 1.165) is 18.2 Å². The normalized spacial score (nSPS) is 17.1. The van der Waals surface area contributed by atoms with Gasteiger partial charge in [-0.2, -0.15) is 0 Å². The topological polar surface area (TPSA) is 101 Å². The molecule has 0 bridgehead atoms. The maximum Gasteiger partial charge on any atom is 0.240 e. The summed E-state index contributed by atoms with van der Waals surface area (Å²) >= 11 is 11.4. The molecule has 1 saturated heterocycles. The van der Waals surface area contributed by atoms with Crippen molar-refractivity contribution in [1.29, 1.82) is 0 Å². The molecule has 1 N–H and O–H groups in total. The Hall–Kier alpha value is -1.72. The Labute approximate surface area is 190 Å². The van der Waals surface area contributed by atoms with E-state index in [4.69, 9.17) is 23.2 Å². The number of sulfone groups is 1. The van der Waals surface area contributed by atoms with Gasteiger partial charge in [-0.25, -0.2) is 25.9 Å². The summed E-state index contributed by atoms with van der Waals surface area (Å²) in [5.41, 5.74) is 0. The maximum atomic E-state index is 13.2. The van der Waals surface area contributed by atoms with Crippen LogP contribution in [0.25, 0.3) is 0 Å². The van der Waals surface area contributed by atoms with E-state index in [2.05, 4.69) is 4.72 Å². The van der Waals surface area contributed by atoms with Gasteiger partial charge in [0.1, 0.15) is 5.82 Å². The molecule has 0 spiro atoms. The minimum absolute atomic E-state index is 0.0319. The van der Waals surface area contributed by atoms with E-state index in [1.807, 2.05) is 0 Å². The van der Waals surface area contributed by atoms with Gasteiger partial charge in [-0.3, -0.25) is 4.79 Å². The minimum atomic E-state index is -3.97. The minimum Gasteiger partial charge on any atom is -0.341 e. The third kappa shape index (κ3) is 5.56. The highest BCUT2D eigenvalue weighted by atomic mass is 35.5. The van der Waals surface area contributed by atoms with Crippen molar-refractivity contribution in [3.8, 4) is 0 Å². The van der Waals surface area contributed by atoms with Gasteiger partial charge in [-0.1, -0.05) is 23.2 Å². The first-order valence-electron chi connectivity index (χ1n) is 9.22. The average Bonchev–Trinajstić information content (AvgIpc) is 3.21. The van der Waals surface area contributed by atoms with Gasteiger partial charge in [0.15, 0.2) is 9.84 Å². The zero-order valence-corrected chi connectivity index (χ0v) is 19.2. The maximum absolute atomic E-state index is 13.2. The molecule has 0 aromatic heterocycles. The molecule has 1 heterocycles. The molecule has 1 unspecified atom stereocenters. The summed E-state index contributed by atoms with van der Waals surface area (Å²) in [5, 5.41) is -0.646. The van der Waals surface area contributed by atoms with Crippen LogP contribution in [0.15, 0.2) is 52.3 Å². The number of hydrogen-bond acceptors (Lipinski definition) is 5. The number of nitrogens with one attached hydrogen (secondary N) is 1. The molecule has 1 fully saturated rings. The van der Waals surface area contributed by atoms with E-state index < -0.39 is 30.9 Å². The number of carbonyl (C=O) groups excluding carboxylic acids is 1. The highest BCUT2D eigenvalue weighted by Crippen LogP contribution is 2.25. The fourth-order valence-electron chi connectivity index (χ4n) is 3.20. The summed E-state index contributed by atoms with van der Waals surface area (Å²) in [5.74, 6) is -1.11. The van der Waals surface area contributed by atoms with E-state index in [1.54, 1.807) is 0 Å². The van der Waals surface area contributed by atoms with Crippen LogP contribution in [-0.2, 0) is 24.7 Å². The Bertz CT molecular complexity index is 1190. The molecule has 0 aliphatic carbocycles. The summed E-state index contributed by atoms with van der Waals surface area (Å²) in [6, 6.07) is 8.83. The zero-order valence-electron chi connectivity index (χ0n) is 16.1. The quantitative estimate of drug-likeness (QED) is 0.619. The summed E-state index contributed by atoms with van der Waals surface area (Å²) in [6.07, 6.45) is 0.137. The lowest BCUT2D eigenvalue weighted by atomic mass is 10.3. The first kappa shape index (κ1) is 23.9. The number of carbonyl (C=O) groups is 1. The van der Waals surface area contributed by atoms with Gasteiger partial charge in [-0.05, 0) is 48.9 Å². The van der Waals surface area contributed by atoms with E-state index in [-0.39, 0.29) is 53.2 Å². The summed E-state index contributed by atoms with van der Waals surface area (Å²) < 4.78 is 65.5. The fourth-order valence-corrected chi connectivity index (χ4v) is 6.32. The molecule has 3 rings (SSSR count). The third-order valence-corrected chi connectivity index (χ3v) is 9.10. The molecule has 12 heteroatoms. The predicted octanol–water partition coefficient (Wildman–Crippen LogP) is 2.88. The van der Waals surface area contributed by atoms with Crippen LogP contribution in [0.2, 0.25) is 10.0 Å². The zero-order chi connectivity index (χ0) is 22.8. The van der Waals surface area contributed by atoms with Crippen LogP contribution in [-0.4, -0.2) is 52.5 Å². The van der Waals surface area contributed by atoms with Crippen LogP contribution in [0.5, 0.6) is 0 Å². The van der Waals surface area contributed by atoms with Crippen molar-refractivity contribution in [2.75, 3.05) is 19.6 Å². The molecule has 168 valence electrons. The molecule has 7 nitrogen and oxygen atoms in total. The smallest absolute Gasteiger partial charge is 0.240 e. The Morgan fingerprint density at radius 1 is 1.06 bits per heavy atom. The van der Waals surface area contributed by atoms with Gasteiger partial charge in [0.25, 0.3) is 0 Å². The van der Waals surface area contributed by atoms with Crippen LogP contribution in [0, 0.1) is 5.82 Å². The molecule has 1 aliphatic rings. The van der Waals surface area contributed by atoms with Crippen molar-refractivity contribution < 1.29 is 26.0 Å². The number of nitrogens with zero attached hydrogens (tertiary/aromatic N) is 1. The number of benzene rings is 2. The first-order valence-corrected chi connectivity index (χ1v) is 13.0. The van der Waals surface area contributed by atoms with Crippen molar-refractivity contribution >= 4 is 49.0 Å². The fraction of sp³-hybridized carbons (Fsp3) is 0.316. The van der Waals surface area contributed by atoms with Gasteiger partial charge in [0.05, 0.1) is 20.1 Å². The van der Waals surface area contributed by atoms with Crippen LogP contribution in [0.1, 0.15) is 12.8 Å². The summed E-state index contributed by atoms with van der Waals surface area (Å²) in [6.45, 7) is 0.0992. The molecule has 0 radical (unpaired) electrons. The predicted molar refractivity (Wildman–Crippen MR) is 115 cm³/mol. The molecular weight excluding hydrogens is 490 g/mol. The largest absolute Gasteiger partial charge is 0.341 e. The van der Waals surface area contributed by atoms with Crippen molar-refractivity contribution in [3.63, 3.8) is 0 Å². The van der Waals surface area contributed by atoms with Crippen LogP contribution in [0.4, 0.5) is 4.39 Å². The lowest BCUT2D eigenvalue weighted by molar-refractivity contribution is -0.129. The number of halogens is 3. The lowest BCUT2D eigenvalue weighted by Gasteiger charge is -2.17. The molecule has 1 atom stereocenters. The van der Waals surface area contributed by atoms with Gasteiger partial charge >= 0.3 is 0 Å². The number of sulfonamides is 1.